The van der Waals surface area contributed by atoms with Crippen molar-refractivity contribution >= 4 is 13.8 Å². The van der Waals surface area contributed by atoms with Crippen LogP contribution >= 0.6 is 7.82 Å². The van der Waals surface area contributed by atoms with E-state index in [2.05, 4.69) is 74.6 Å². The Morgan fingerprint density at radius 3 is 1.50 bits per heavy atom. The zero-order valence-corrected chi connectivity index (χ0v) is 36.7. The molecule has 0 heterocycles. The van der Waals surface area contributed by atoms with Crippen molar-refractivity contribution in [2.24, 2.45) is 5.73 Å². The predicted octanol–water partition coefficient (Wildman–Crippen LogP) is 13.5. The number of hydrogen-bond donors (Lipinski definition) is 2. The summed E-state index contributed by atoms with van der Waals surface area (Å²) < 4.78 is 33.3. The molecule has 0 aliphatic rings. The van der Waals surface area contributed by atoms with Gasteiger partial charge >= 0.3 is 13.8 Å². The molecule has 2 atom stereocenters. The van der Waals surface area contributed by atoms with Crippen LogP contribution in [0.15, 0.2) is 72.9 Å². The summed E-state index contributed by atoms with van der Waals surface area (Å²) in [6.45, 7) is 4.68. The number of phosphoric ester groups is 1. The van der Waals surface area contributed by atoms with E-state index in [1.54, 1.807) is 0 Å². The molecule has 0 aliphatic carbocycles. The third-order valence-electron chi connectivity index (χ3n) is 9.12. The quantitative estimate of drug-likeness (QED) is 0.0271. The molecule has 0 aliphatic heterocycles. The smallest absolute Gasteiger partial charge is 0.457 e. The molecule has 0 amide bonds. The van der Waals surface area contributed by atoms with Gasteiger partial charge < -0.3 is 20.1 Å². The van der Waals surface area contributed by atoms with Crippen molar-refractivity contribution in [1.82, 2.24) is 0 Å². The Morgan fingerprint density at radius 2 is 1.00 bits per heavy atom. The molecule has 0 aromatic rings. The molecular weight excluding hydrogens is 721 g/mol. The van der Waals surface area contributed by atoms with E-state index in [1.807, 2.05) is 12.2 Å². The SMILES string of the molecule is CC/C=C\C/C=C\C/C=C\C/C=C\CCC(=O)OC(COCCCCCCCCCCCCCC/C=C\C/C=C\CCCCCCC)COP(=O)(O)OCCN. The summed E-state index contributed by atoms with van der Waals surface area (Å²) in [5.41, 5.74) is 5.36. The van der Waals surface area contributed by atoms with Crippen LogP contribution in [0.4, 0.5) is 0 Å². The highest BCUT2D eigenvalue weighted by molar-refractivity contribution is 7.47. The standard InChI is InChI=1S/C47H84NO7P/c1-3-5-7-9-11-13-15-17-18-19-20-21-22-23-24-25-26-27-29-31-33-35-37-39-42-52-44-46(45-54-56(50,51)53-43-41-48)55-47(49)40-38-36-34-32-30-28-16-14-12-10-8-6-4-2/h6,8,12,14-15,17,19-20,28,30,34,36,46H,3-5,7,9-11,13,16,18,21-27,29,31-33,35,37-45,48H2,1-2H3,(H,50,51)/b8-6-,14-12-,17-15-,20-19-,30-28-,36-34-. The number of ether oxygens (including phenoxy) is 2. The molecule has 0 fully saturated rings. The van der Waals surface area contributed by atoms with E-state index in [0.717, 1.165) is 44.9 Å². The van der Waals surface area contributed by atoms with Crippen LogP contribution in [-0.2, 0) is 27.9 Å². The number of unbranched alkanes of at least 4 members (excludes halogenated alkanes) is 17. The Morgan fingerprint density at radius 1 is 0.554 bits per heavy atom. The fourth-order valence-corrected chi connectivity index (χ4v) is 6.63. The van der Waals surface area contributed by atoms with Crippen molar-refractivity contribution in [3.63, 3.8) is 0 Å². The number of esters is 1. The van der Waals surface area contributed by atoms with Crippen molar-refractivity contribution in [2.45, 2.75) is 187 Å². The second-order valence-electron chi connectivity index (χ2n) is 14.5. The van der Waals surface area contributed by atoms with E-state index in [0.29, 0.717) is 13.0 Å². The second-order valence-corrected chi connectivity index (χ2v) is 16.0. The van der Waals surface area contributed by atoms with Crippen molar-refractivity contribution in [2.75, 3.05) is 33.0 Å². The number of carbonyl (C=O) groups is 1. The van der Waals surface area contributed by atoms with Gasteiger partial charge in [-0.1, -0.05) is 177 Å². The van der Waals surface area contributed by atoms with Gasteiger partial charge in [0.2, 0.25) is 0 Å². The van der Waals surface area contributed by atoms with Gasteiger partial charge in [-0.25, -0.2) is 4.57 Å². The van der Waals surface area contributed by atoms with Gasteiger partial charge in [0.25, 0.3) is 0 Å². The molecule has 3 N–H and O–H groups in total. The van der Waals surface area contributed by atoms with Crippen LogP contribution in [0.25, 0.3) is 0 Å². The van der Waals surface area contributed by atoms with E-state index < -0.39 is 19.9 Å². The second kappa shape index (κ2) is 44.1. The highest BCUT2D eigenvalue weighted by Gasteiger charge is 2.25. The minimum Gasteiger partial charge on any atom is -0.457 e. The van der Waals surface area contributed by atoms with Gasteiger partial charge in [0.15, 0.2) is 0 Å². The molecule has 9 heteroatoms. The summed E-state index contributed by atoms with van der Waals surface area (Å²) in [5, 5.41) is 0. The Kier molecular flexibility index (Phi) is 42.4. The Balaban J connectivity index is 4.01. The van der Waals surface area contributed by atoms with Gasteiger partial charge in [0.1, 0.15) is 6.10 Å². The molecule has 0 rings (SSSR count). The van der Waals surface area contributed by atoms with Gasteiger partial charge in [-0.15, -0.1) is 0 Å². The summed E-state index contributed by atoms with van der Waals surface area (Å²) in [5.74, 6) is -0.411. The van der Waals surface area contributed by atoms with Crippen LogP contribution in [0.2, 0.25) is 0 Å². The van der Waals surface area contributed by atoms with E-state index >= 15 is 0 Å². The highest BCUT2D eigenvalue weighted by Crippen LogP contribution is 2.43. The summed E-state index contributed by atoms with van der Waals surface area (Å²) in [6, 6.07) is 0. The Hall–Kier alpha value is -2.06. The topological polar surface area (TPSA) is 117 Å². The normalized spacial score (nSPS) is 14.1. The average Bonchev–Trinajstić information content (AvgIpc) is 3.19. The van der Waals surface area contributed by atoms with Gasteiger partial charge in [0.05, 0.1) is 19.8 Å². The maximum Gasteiger partial charge on any atom is 0.472 e. The third-order valence-corrected chi connectivity index (χ3v) is 10.1. The van der Waals surface area contributed by atoms with Crippen LogP contribution in [-0.4, -0.2) is 49.9 Å². The van der Waals surface area contributed by atoms with E-state index in [1.165, 1.54) is 109 Å². The first kappa shape index (κ1) is 53.9. The highest BCUT2D eigenvalue weighted by atomic mass is 31.2. The molecular formula is C47H84NO7P. The van der Waals surface area contributed by atoms with Crippen LogP contribution in [0.3, 0.4) is 0 Å². The first-order valence-electron chi connectivity index (χ1n) is 22.4. The largest absolute Gasteiger partial charge is 0.472 e. The fourth-order valence-electron chi connectivity index (χ4n) is 5.86. The fraction of sp³-hybridized carbons (Fsp3) is 0.723. The summed E-state index contributed by atoms with van der Waals surface area (Å²) in [4.78, 5) is 22.4. The molecule has 0 spiro atoms. The van der Waals surface area contributed by atoms with Crippen LogP contribution in [0, 0.1) is 0 Å². The lowest BCUT2D eigenvalue weighted by atomic mass is 10.0. The third kappa shape index (κ3) is 43.1. The zero-order chi connectivity index (χ0) is 40.9. The molecule has 0 bridgehead atoms. The van der Waals surface area contributed by atoms with E-state index in [-0.39, 0.29) is 32.8 Å². The van der Waals surface area contributed by atoms with Gasteiger partial charge in [-0.3, -0.25) is 13.8 Å². The van der Waals surface area contributed by atoms with Crippen molar-refractivity contribution in [3.8, 4) is 0 Å². The van der Waals surface area contributed by atoms with Crippen molar-refractivity contribution in [3.05, 3.63) is 72.9 Å². The minimum atomic E-state index is -4.30. The number of allylic oxidation sites excluding steroid dienone is 12. The van der Waals surface area contributed by atoms with Crippen LogP contribution in [0.5, 0.6) is 0 Å². The number of rotatable bonds is 42. The molecule has 0 saturated carbocycles. The lowest BCUT2D eigenvalue weighted by Gasteiger charge is -2.20. The maximum atomic E-state index is 12.5. The molecule has 0 aromatic heterocycles. The number of carbonyl (C=O) groups excluding carboxylic acids is 1. The Labute approximate surface area is 344 Å². The first-order chi connectivity index (χ1) is 27.4. The molecule has 8 nitrogen and oxygen atoms in total. The summed E-state index contributed by atoms with van der Waals surface area (Å²) in [7, 11) is -4.30. The zero-order valence-electron chi connectivity index (χ0n) is 35.8. The van der Waals surface area contributed by atoms with Crippen molar-refractivity contribution < 1.29 is 32.8 Å². The number of hydrogen-bond acceptors (Lipinski definition) is 7. The lowest BCUT2D eigenvalue weighted by molar-refractivity contribution is -0.154. The summed E-state index contributed by atoms with van der Waals surface area (Å²) in [6.07, 6.45) is 55.2. The lowest BCUT2D eigenvalue weighted by Crippen LogP contribution is -2.28. The van der Waals surface area contributed by atoms with Crippen molar-refractivity contribution in [1.29, 1.82) is 0 Å². The van der Waals surface area contributed by atoms with Gasteiger partial charge in [-0.05, 0) is 70.6 Å². The molecule has 0 aromatic carbocycles. The number of phosphoric acid groups is 1. The monoisotopic (exact) mass is 806 g/mol. The van der Waals surface area contributed by atoms with E-state index in [4.69, 9.17) is 24.3 Å². The van der Waals surface area contributed by atoms with Crippen LogP contribution < -0.4 is 5.73 Å². The molecule has 0 saturated heterocycles. The first-order valence-corrected chi connectivity index (χ1v) is 23.9. The minimum absolute atomic E-state index is 0.0836. The molecule has 0 radical (unpaired) electrons. The molecule has 324 valence electrons. The van der Waals surface area contributed by atoms with Crippen LogP contribution in [0.1, 0.15) is 181 Å². The predicted molar refractivity (Wildman–Crippen MR) is 238 cm³/mol. The number of nitrogens with two attached hydrogens (primary N) is 1. The Bertz CT molecular complexity index is 1080. The van der Waals surface area contributed by atoms with E-state index in [9.17, 15) is 14.3 Å². The molecule has 2 unspecified atom stereocenters. The summed E-state index contributed by atoms with van der Waals surface area (Å²) >= 11 is 0. The average molecular weight is 806 g/mol. The van der Waals surface area contributed by atoms with Gasteiger partial charge in [0, 0.05) is 19.6 Å². The van der Waals surface area contributed by atoms with Gasteiger partial charge in [-0.2, -0.15) is 0 Å². The molecule has 56 heavy (non-hydrogen) atoms. The maximum absolute atomic E-state index is 12.5.